The van der Waals surface area contributed by atoms with E-state index in [9.17, 15) is 9.90 Å². The number of aliphatic hydroxyl groups excluding tert-OH is 1. The highest BCUT2D eigenvalue weighted by molar-refractivity contribution is 8.03. The summed E-state index contributed by atoms with van der Waals surface area (Å²) >= 11 is 1.59. The van der Waals surface area contributed by atoms with E-state index < -0.39 is 12.9 Å². The quantitative estimate of drug-likeness (QED) is 0.682. The summed E-state index contributed by atoms with van der Waals surface area (Å²) in [5, 5.41) is 10.2. The fraction of sp³-hybridized carbons (Fsp3) is 0.211. The van der Waals surface area contributed by atoms with Crippen LogP contribution in [-0.2, 0) is 4.74 Å². The third-order valence-electron chi connectivity index (χ3n) is 4.39. The maximum Gasteiger partial charge on any atom is 0.195 e. The molecular weight excluding hydrogens is 322 g/mol. The molecule has 1 N–H and O–H groups in total. The number of thioether (sulfide) groups is 1. The first kappa shape index (κ1) is 15.4. The summed E-state index contributed by atoms with van der Waals surface area (Å²) in [4.78, 5) is 16.3. The molecule has 4 nitrogen and oxygen atoms in total. The zero-order valence-electron chi connectivity index (χ0n) is 13.2. The molecule has 1 aliphatic carbocycles. The highest BCUT2D eigenvalue weighted by Crippen LogP contribution is 2.51. The number of hydrogen-bond acceptors (Lipinski definition) is 5. The summed E-state index contributed by atoms with van der Waals surface area (Å²) in [7, 11) is 0. The maximum atomic E-state index is 13.0. The Morgan fingerprint density at radius 2 is 1.92 bits per heavy atom. The molecule has 0 amide bonds. The number of fused-ring (bicyclic) bond motifs is 2. The van der Waals surface area contributed by atoms with Gasteiger partial charge in [-0.05, 0) is 24.6 Å². The van der Waals surface area contributed by atoms with Gasteiger partial charge in [-0.2, -0.15) is 0 Å². The second-order valence-corrected chi connectivity index (χ2v) is 6.66. The largest absolute Gasteiger partial charge is 0.371 e. The van der Waals surface area contributed by atoms with E-state index in [-0.39, 0.29) is 5.78 Å². The molecule has 0 saturated heterocycles. The van der Waals surface area contributed by atoms with Crippen molar-refractivity contribution >= 4 is 23.2 Å². The predicted molar refractivity (Wildman–Crippen MR) is 94.0 cm³/mol. The average molecular weight is 339 g/mol. The van der Waals surface area contributed by atoms with Crippen molar-refractivity contribution in [3.05, 3.63) is 70.3 Å². The molecule has 1 aliphatic heterocycles. The molecule has 122 valence electrons. The number of Topliss-reactive ketones (excluding diaryl/α,β-unsaturated/α-hetero) is 1. The van der Waals surface area contributed by atoms with Crippen LogP contribution in [0.2, 0.25) is 0 Å². The van der Waals surface area contributed by atoms with E-state index in [1.165, 1.54) is 0 Å². The van der Waals surface area contributed by atoms with Crippen molar-refractivity contribution in [2.45, 2.75) is 17.9 Å². The van der Waals surface area contributed by atoms with Gasteiger partial charge in [-0.15, -0.1) is 0 Å². The number of ether oxygens (including phenoxy) is 1. The van der Waals surface area contributed by atoms with Gasteiger partial charge < -0.3 is 14.7 Å². The van der Waals surface area contributed by atoms with Crippen molar-refractivity contribution < 1.29 is 14.6 Å². The lowest BCUT2D eigenvalue weighted by molar-refractivity contribution is -0.0342. The zero-order chi connectivity index (χ0) is 16.7. The smallest absolute Gasteiger partial charge is 0.195 e. The lowest BCUT2D eigenvalue weighted by Gasteiger charge is -2.22. The molecule has 1 unspecified atom stereocenters. The first-order valence-corrected chi connectivity index (χ1v) is 8.72. The normalized spacial score (nSPS) is 22.0. The summed E-state index contributed by atoms with van der Waals surface area (Å²) in [6.45, 7) is 2.41. The van der Waals surface area contributed by atoms with Crippen LogP contribution in [-0.4, -0.2) is 24.2 Å². The van der Waals surface area contributed by atoms with Gasteiger partial charge in [0, 0.05) is 17.0 Å². The van der Waals surface area contributed by atoms with E-state index in [4.69, 9.17) is 4.74 Å². The van der Waals surface area contributed by atoms with Crippen molar-refractivity contribution in [1.82, 2.24) is 0 Å². The van der Waals surface area contributed by atoms with E-state index in [0.29, 0.717) is 11.1 Å². The molecule has 0 aromatic heterocycles. The first-order chi connectivity index (χ1) is 11.8. The maximum absolute atomic E-state index is 13.0. The van der Waals surface area contributed by atoms with Gasteiger partial charge in [-0.1, -0.05) is 48.2 Å². The van der Waals surface area contributed by atoms with Crippen molar-refractivity contribution in [3.8, 4) is 0 Å². The molecule has 4 rings (SSSR count). The number of benzene rings is 2. The highest BCUT2D eigenvalue weighted by atomic mass is 32.2. The zero-order valence-corrected chi connectivity index (χ0v) is 14.0. The fourth-order valence-electron chi connectivity index (χ4n) is 3.36. The molecule has 24 heavy (non-hydrogen) atoms. The Balaban J connectivity index is 1.89. The Hall–Kier alpha value is -2.08. The van der Waals surface area contributed by atoms with Crippen LogP contribution in [0.25, 0.3) is 0 Å². The molecule has 0 fully saturated rings. The van der Waals surface area contributed by atoms with E-state index in [0.717, 1.165) is 27.7 Å². The number of carbonyl (C=O) groups is 1. The van der Waals surface area contributed by atoms with Gasteiger partial charge in [0.2, 0.25) is 0 Å². The minimum absolute atomic E-state index is 0.0159. The molecule has 0 bridgehead atoms. The Morgan fingerprint density at radius 1 is 1.17 bits per heavy atom. The van der Waals surface area contributed by atoms with Crippen LogP contribution in [0, 0.1) is 0 Å². The second-order valence-electron chi connectivity index (χ2n) is 5.63. The molecule has 1 atom stereocenters. The molecule has 2 aliphatic rings. The average Bonchev–Trinajstić information content (AvgIpc) is 3.11. The van der Waals surface area contributed by atoms with Crippen molar-refractivity contribution in [2.75, 3.05) is 18.2 Å². The summed E-state index contributed by atoms with van der Waals surface area (Å²) in [5.41, 5.74) is 3.21. The lowest BCUT2D eigenvalue weighted by Crippen LogP contribution is -2.21. The highest BCUT2D eigenvalue weighted by Gasteiger charge is 2.41. The SMILES string of the molecule is CCN1/C(=C2/C(=O)c3ccccc3C2OCO)Sc2ccccc21. The molecule has 0 saturated carbocycles. The molecule has 0 spiro atoms. The predicted octanol–water partition coefficient (Wildman–Crippen LogP) is 3.73. The van der Waals surface area contributed by atoms with Gasteiger partial charge in [-0.3, -0.25) is 4.79 Å². The summed E-state index contributed by atoms with van der Waals surface area (Å²) in [5.74, 6) is -0.0159. The second kappa shape index (κ2) is 6.09. The summed E-state index contributed by atoms with van der Waals surface area (Å²) < 4.78 is 5.55. The standard InChI is InChI=1S/C19H17NO3S/c1-2-20-14-9-5-6-10-15(14)24-19(20)16-17(22)12-7-3-4-8-13(12)18(16)23-11-21/h3-10,18,21H,2,11H2,1H3/b19-16+. The minimum Gasteiger partial charge on any atom is -0.371 e. The Morgan fingerprint density at radius 3 is 2.71 bits per heavy atom. The minimum atomic E-state index is -0.524. The number of hydrogen-bond donors (Lipinski definition) is 1. The lowest BCUT2D eigenvalue weighted by atomic mass is 10.1. The van der Waals surface area contributed by atoms with Crippen LogP contribution in [0.1, 0.15) is 28.9 Å². The number of aliphatic hydroxyl groups is 1. The Labute approximate surface area is 144 Å². The van der Waals surface area contributed by atoms with E-state index >= 15 is 0 Å². The Kier molecular flexibility index (Phi) is 3.92. The van der Waals surface area contributed by atoms with Gasteiger partial charge in [0.15, 0.2) is 5.78 Å². The van der Waals surface area contributed by atoms with E-state index in [1.54, 1.807) is 11.8 Å². The van der Waals surface area contributed by atoms with E-state index in [1.807, 2.05) is 36.4 Å². The molecule has 1 heterocycles. The molecular formula is C19H17NO3S. The number of carbonyl (C=O) groups excluding carboxylic acids is 1. The first-order valence-electron chi connectivity index (χ1n) is 7.91. The third kappa shape index (κ3) is 2.20. The molecule has 2 aromatic rings. The van der Waals surface area contributed by atoms with Gasteiger partial charge in [0.05, 0.1) is 16.3 Å². The number of nitrogens with zero attached hydrogens (tertiary/aromatic N) is 1. The fourth-order valence-corrected chi connectivity index (χ4v) is 4.64. The third-order valence-corrected chi connectivity index (χ3v) is 5.59. The molecule has 0 radical (unpaired) electrons. The molecule has 2 aromatic carbocycles. The molecule has 5 heteroatoms. The van der Waals surface area contributed by atoms with Crippen LogP contribution < -0.4 is 4.90 Å². The van der Waals surface area contributed by atoms with Crippen LogP contribution in [0.3, 0.4) is 0 Å². The number of ketones is 1. The summed E-state index contributed by atoms with van der Waals surface area (Å²) in [6.07, 6.45) is -0.524. The monoisotopic (exact) mass is 339 g/mol. The van der Waals surface area contributed by atoms with Gasteiger partial charge in [0.25, 0.3) is 0 Å². The van der Waals surface area contributed by atoms with Gasteiger partial charge in [0.1, 0.15) is 12.9 Å². The van der Waals surface area contributed by atoms with Crippen LogP contribution in [0.5, 0.6) is 0 Å². The van der Waals surface area contributed by atoms with Crippen molar-refractivity contribution in [1.29, 1.82) is 0 Å². The van der Waals surface area contributed by atoms with Crippen LogP contribution >= 0.6 is 11.8 Å². The number of rotatable bonds is 3. The van der Waals surface area contributed by atoms with Gasteiger partial charge in [-0.25, -0.2) is 0 Å². The Bertz CT molecular complexity index is 846. The van der Waals surface area contributed by atoms with Gasteiger partial charge >= 0.3 is 0 Å². The number of anilines is 1. The van der Waals surface area contributed by atoms with Crippen LogP contribution in [0.15, 0.2) is 64.0 Å². The van der Waals surface area contributed by atoms with Crippen LogP contribution in [0.4, 0.5) is 5.69 Å². The van der Waals surface area contributed by atoms with Crippen molar-refractivity contribution in [3.63, 3.8) is 0 Å². The number of para-hydroxylation sites is 1. The topological polar surface area (TPSA) is 49.8 Å². The van der Waals surface area contributed by atoms with E-state index in [2.05, 4.69) is 24.0 Å². The summed E-state index contributed by atoms with van der Waals surface area (Å²) in [6, 6.07) is 15.6. The van der Waals surface area contributed by atoms with Crippen molar-refractivity contribution in [2.24, 2.45) is 0 Å².